The molecule has 1 atom stereocenters. The van der Waals surface area contributed by atoms with E-state index in [-0.39, 0.29) is 24.1 Å². The minimum Gasteiger partial charge on any atom is -0.322 e. The fourth-order valence-corrected chi connectivity index (χ4v) is 3.05. The van der Waals surface area contributed by atoms with Crippen LogP contribution in [0.3, 0.4) is 0 Å². The Bertz CT molecular complexity index is 771. The van der Waals surface area contributed by atoms with Crippen molar-refractivity contribution in [3.63, 3.8) is 0 Å². The van der Waals surface area contributed by atoms with Crippen LogP contribution in [0.2, 0.25) is 0 Å². The number of nitrogens with one attached hydrogen (secondary N) is 1. The summed E-state index contributed by atoms with van der Waals surface area (Å²) in [6.07, 6.45) is 1.44. The van der Waals surface area contributed by atoms with E-state index in [0.29, 0.717) is 24.4 Å². The Morgan fingerprint density at radius 3 is 2.79 bits per heavy atom. The molecule has 2 aliphatic rings. The van der Waals surface area contributed by atoms with Gasteiger partial charge in [0.1, 0.15) is 6.04 Å². The third-order valence-corrected chi connectivity index (χ3v) is 4.32. The summed E-state index contributed by atoms with van der Waals surface area (Å²) in [5.74, 6) is 5.98. The highest BCUT2D eigenvalue weighted by Crippen LogP contribution is 2.29. The molecule has 2 heterocycles. The summed E-state index contributed by atoms with van der Waals surface area (Å²) in [6, 6.07) is 4.92. The smallest absolute Gasteiger partial charge is 0.255 e. The highest BCUT2D eigenvalue weighted by atomic mass is 16.2. The molecule has 0 bridgehead atoms. The van der Waals surface area contributed by atoms with Crippen molar-refractivity contribution < 1.29 is 14.4 Å². The highest BCUT2D eigenvalue weighted by molar-refractivity contribution is 6.05. The summed E-state index contributed by atoms with van der Waals surface area (Å²) in [4.78, 5) is 37.6. The Hall–Kier alpha value is -2.61. The lowest BCUT2D eigenvalue weighted by atomic mass is 10.0. The highest BCUT2D eigenvalue weighted by Gasteiger charge is 2.39. The van der Waals surface area contributed by atoms with Crippen LogP contribution < -0.4 is 5.32 Å². The molecule has 3 rings (SSSR count). The topological polar surface area (TPSA) is 66.5 Å². The van der Waals surface area contributed by atoms with Gasteiger partial charge in [-0.05, 0) is 30.0 Å². The van der Waals surface area contributed by atoms with E-state index < -0.39 is 6.04 Å². The number of nitrogens with zero attached hydrogens (tertiary/aromatic N) is 1. The second kappa shape index (κ2) is 6.48. The summed E-state index contributed by atoms with van der Waals surface area (Å²) in [5, 5.41) is 2.32. The Labute approximate surface area is 141 Å². The molecule has 1 unspecified atom stereocenters. The van der Waals surface area contributed by atoms with Crippen molar-refractivity contribution in [1.29, 1.82) is 0 Å². The van der Waals surface area contributed by atoms with Crippen molar-refractivity contribution in [3.05, 3.63) is 34.9 Å². The van der Waals surface area contributed by atoms with E-state index in [0.717, 1.165) is 17.5 Å². The number of hydrogen-bond acceptors (Lipinski definition) is 3. The number of fused-ring (bicyclic) bond motifs is 1. The van der Waals surface area contributed by atoms with Gasteiger partial charge < -0.3 is 4.90 Å². The maximum Gasteiger partial charge on any atom is 0.255 e. The van der Waals surface area contributed by atoms with Gasteiger partial charge >= 0.3 is 0 Å². The van der Waals surface area contributed by atoms with Gasteiger partial charge in [-0.2, -0.15) is 0 Å². The molecule has 1 aromatic carbocycles. The molecule has 24 heavy (non-hydrogen) atoms. The second-order valence-corrected chi connectivity index (χ2v) is 6.63. The number of amides is 3. The predicted octanol–water partition coefficient (Wildman–Crippen LogP) is 1.85. The van der Waals surface area contributed by atoms with Crippen LogP contribution in [0.15, 0.2) is 18.2 Å². The van der Waals surface area contributed by atoms with Crippen molar-refractivity contribution >= 4 is 17.7 Å². The average molecular weight is 324 g/mol. The first-order chi connectivity index (χ1) is 11.5. The zero-order valence-electron chi connectivity index (χ0n) is 13.9. The Morgan fingerprint density at radius 1 is 1.29 bits per heavy atom. The summed E-state index contributed by atoms with van der Waals surface area (Å²) in [7, 11) is 0. The van der Waals surface area contributed by atoms with Gasteiger partial charge in [-0.3, -0.25) is 19.7 Å². The molecular weight excluding hydrogens is 304 g/mol. The van der Waals surface area contributed by atoms with Gasteiger partial charge in [-0.1, -0.05) is 31.8 Å². The Kier molecular flexibility index (Phi) is 4.39. The molecule has 3 amide bonds. The fraction of sp³-hybridized carbons (Fsp3) is 0.421. The van der Waals surface area contributed by atoms with Gasteiger partial charge in [-0.25, -0.2) is 0 Å². The van der Waals surface area contributed by atoms with Crippen molar-refractivity contribution in [2.24, 2.45) is 5.92 Å². The third kappa shape index (κ3) is 3.05. The molecule has 1 aromatic rings. The molecule has 124 valence electrons. The van der Waals surface area contributed by atoms with E-state index in [2.05, 4.69) is 31.0 Å². The van der Waals surface area contributed by atoms with E-state index in [9.17, 15) is 14.4 Å². The predicted molar refractivity (Wildman–Crippen MR) is 88.8 cm³/mol. The van der Waals surface area contributed by atoms with E-state index >= 15 is 0 Å². The molecule has 1 N–H and O–H groups in total. The first-order valence-electron chi connectivity index (χ1n) is 8.22. The largest absolute Gasteiger partial charge is 0.322 e. The van der Waals surface area contributed by atoms with Crippen LogP contribution in [0.4, 0.5) is 0 Å². The molecule has 1 saturated heterocycles. The number of imide groups is 1. The summed E-state index contributed by atoms with van der Waals surface area (Å²) in [6.45, 7) is 4.59. The molecule has 1 fully saturated rings. The van der Waals surface area contributed by atoms with Crippen LogP contribution in [0, 0.1) is 17.8 Å². The number of benzene rings is 1. The zero-order valence-corrected chi connectivity index (χ0v) is 13.9. The third-order valence-electron chi connectivity index (χ3n) is 4.32. The Morgan fingerprint density at radius 2 is 2.08 bits per heavy atom. The van der Waals surface area contributed by atoms with Crippen LogP contribution in [0.1, 0.15) is 54.6 Å². The minimum absolute atomic E-state index is 0.160. The van der Waals surface area contributed by atoms with E-state index in [1.54, 1.807) is 11.0 Å². The summed E-state index contributed by atoms with van der Waals surface area (Å²) in [5.41, 5.74) is 2.33. The van der Waals surface area contributed by atoms with Crippen LogP contribution in [0.25, 0.3) is 0 Å². The molecule has 0 radical (unpaired) electrons. The minimum atomic E-state index is -0.584. The van der Waals surface area contributed by atoms with Gasteiger partial charge in [-0.15, -0.1) is 0 Å². The molecule has 2 aliphatic heterocycles. The van der Waals surface area contributed by atoms with Crippen molar-refractivity contribution in [3.8, 4) is 11.8 Å². The molecular formula is C19H20N2O3. The van der Waals surface area contributed by atoms with Gasteiger partial charge in [0.05, 0.1) is 0 Å². The first kappa shape index (κ1) is 16.3. The molecule has 0 aliphatic carbocycles. The van der Waals surface area contributed by atoms with Gasteiger partial charge in [0.25, 0.3) is 5.91 Å². The van der Waals surface area contributed by atoms with Gasteiger partial charge in [0.15, 0.2) is 0 Å². The maximum absolute atomic E-state index is 12.7. The number of hydrogen-bond donors (Lipinski definition) is 1. The van der Waals surface area contributed by atoms with Crippen LogP contribution in [0.5, 0.6) is 0 Å². The lowest BCUT2D eigenvalue weighted by Gasteiger charge is -2.29. The first-order valence-corrected chi connectivity index (χ1v) is 8.22. The quantitative estimate of drug-likeness (QED) is 0.667. The summed E-state index contributed by atoms with van der Waals surface area (Å²) < 4.78 is 0. The zero-order chi connectivity index (χ0) is 17.3. The lowest BCUT2D eigenvalue weighted by molar-refractivity contribution is -0.136. The molecule has 0 aromatic heterocycles. The van der Waals surface area contributed by atoms with E-state index in [4.69, 9.17) is 0 Å². The number of carbonyl (C=O) groups excluding carboxylic acids is 3. The standard InChI is InChI=1S/C19H20N2O3/c1-12(2)5-3-6-13-7-4-8-14-15(13)11-21(19(14)24)16-9-10-17(22)20-18(16)23/h4,7-8,12,16H,5,9-11H2,1-2H3,(H,20,22,23). The normalized spacial score (nSPS) is 19.9. The van der Waals surface area contributed by atoms with Crippen molar-refractivity contribution in [2.75, 3.05) is 0 Å². The molecule has 0 saturated carbocycles. The van der Waals surface area contributed by atoms with Crippen molar-refractivity contribution in [2.45, 2.75) is 45.7 Å². The number of carbonyl (C=O) groups is 3. The van der Waals surface area contributed by atoms with Crippen LogP contribution >= 0.6 is 0 Å². The Balaban J connectivity index is 1.85. The number of piperidine rings is 1. The second-order valence-electron chi connectivity index (χ2n) is 6.63. The van der Waals surface area contributed by atoms with Crippen LogP contribution in [-0.2, 0) is 16.1 Å². The average Bonchev–Trinajstić information content (AvgIpc) is 2.85. The lowest BCUT2D eigenvalue weighted by Crippen LogP contribution is -2.52. The summed E-state index contributed by atoms with van der Waals surface area (Å²) >= 11 is 0. The molecule has 5 heteroatoms. The van der Waals surface area contributed by atoms with Crippen molar-refractivity contribution in [1.82, 2.24) is 10.2 Å². The maximum atomic E-state index is 12.7. The van der Waals surface area contributed by atoms with E-state index in [1.807, 2.05) is 12.1 Å². The monoisotopic (exact) mass is 324 g/mol. The van der Waals surface area contributed by atoms with Gasteiger partial charge in [0, 0.05) is 30.5 Å². The van der Waals surface area contributed by atoms with Crippen LogP contribution in [-0.4, -0.2) is 28.7 Å². The fourth-order valence-electron chi connectivity index (χ4n) is 3.05. The van der Waals surface area contributed by atoms with E-state index in [1.165, 1.54) is 0 Å². The number of rotatable bonds is 2. The SMILES string of the molecule is CC(C)CC#Cc1cccc2c1CN(C1CCC(=O)NC1=O)C2=O. The molecule has 5 nitrogen and oxygen atoms in total. The van der Waals surface area contributed by atoms with Gasteiger partial charge in [0.2, 0.25) is 11.8 Å². The molecule has 0 spiro atoms.